The van der Waals surface area contributed by atoms with Gasteiger partial charge in [-0.25, -0.2) is 0 Å². The third-order valence-corrected chi connectivity index (χ3v) is 6.75. The van der Waals surface area contributed by atoms with Crippen molar-refractivity contribution in [2.75, 3.05) is 0 Å². The van der Waals surface area contributed by atoms with Crippen molar-refractivity contribution >= 4 is 11.5 Å². The topological polar surface area (TPSA) is 72.5 Å². The molecule has 0 radical (unpaired) electrons. The SMILES string of the molecule is C[C@]12CC[C@@H]3c4ccc(N=O)cc4CC[C@@]3(N)C1CCC2=O. The van der Waals surface area contributed by atoms with Gasteiger partial charge in [0.2, 0.25) is 0 Å². The molecule has 4 atom stereocenters. The van der Waals surface area contributed by atoms with Gasteiger partial charge < -0.3 is 5.73 Å². The summed E-state index contributed by atoms with van der Waals surface area (Å²) in [4.78, 5) is 23.1. The summed E-state index contributed by atoms with van der Waals surface area (Å²) < 4.78 is 0. The lowest BCUT2D eigenvalue weighted by molar-refractivity contribution is -0.130. The Kier molecular flexibility index (Phi) is 2.86. The lowest BCUT2D eigenvalue weighted by atomic mass is 9.52. The maximum Gasteiger partial charge on any atom is 0.139 e. The highest BCUT2D eigenvalue weighted by Gasteiger charge is 2.60. The number of ketones is 1. The molecule has 3 aliphatic rings. The number of aryl methyl sites for hydroxylation is 1. The Balaban J connectivity index is 1.78. The summed E-state index contributed by atoms with van der Waals surface area (Å²) >= 11 is 0. The van der Waals surface area contributed by atoms with Gasteiger partial charge in [-0.1, -0.05) is 13.0 Å². The number of rotatable bonds is 1. The monoisotopic (exact) mass is 298 g/mol. The Morgan fingerprint density at radius 1 is 1.23 bits per heavy atom. The largest absolute Gasteiger partial charge is 0.324 e. The van der Waals surface area contributed by atoms with Crippen molar-refractivity contribution in [2.24, 2.45) is 22.2 Å². The highest BCUT2D eigenvalue weighted by molar-refractivity contribution is 5.87. The molecule has 2 fully saturated rings. The van der Waals surface area contributed by atoms with Gasteiger partial charge in [0.1, 0.15) is 11.5 Å². The molecule has 0 amide bonds. The number of Topliss-reactive ketones (excluding diaryl/α,β-unsaturated/α-hetero) is 1. The summed E-state index contributed by atoms with van der Waals surface area (Å²) in [5, 5.41) is 3.05. The van der Waals surface area contributed by atoms with Gasteiger partial charge >= 0.3 is 0 Å². The predicted molar refractivity (Wildman–Crippen MR) is 84.9 cm³/mol. The van der Waals surface area contributed by atoms with Gasteiger partial charge in [0.05, 0.1) is 0 Å². The number of carbonyl (C=O) groups excluding carboxylic acids is 1. The van der Waals surface area contributed by atoms with Crippen LogP contribution in [0.2, 0.25) is 0 Å². The molecular weight excluding hydrogens is 276 g/mol. The zero-order valence-electron chi connectivity index (χ0n) is 13.0. The van der Waals surface area contributed by atoms with Gasteiger partial charge in [0.15, 0.2) is 0 Å². The lowest BCUT2D eigenvalue weighted by Gasteiger charge is -2.55. The molecule has 0 heterocycles. The Morgan fingerprint density at radius 3 is 2.82 bits per heavy atom. The first-order chi connectivity index (χ1) is 10.5. The number of carbonyl (C=O) groups is 1. The number of hydrogen-bond donors (Lipinski definition) is 1. The van der Waals surface area contributed by atoms with E-state index in [2.05, 4.69) is 12.1 Å². The van der Waals surface area contributed by atoms with Crippen molar-refractivity contribution in [1.82, 2.24) is 0 Å². The molecule has 0 saturated heterocycles. The van der Waals surface area contributed by atoms with Crippen molar-refractivity contribution in [3.05, 3.63) is 34.2 Å². The van der Waals surface area contributed by atoms with E-state index in [9.17, 15) is 9.70 Å². The van der Waals surface area contributed by atoms with E-state index in [0.717, 1.165) is 32.1 Å². The molecule has 0 aliphatic heterocycles. The van der Waals surface area contributed by atoms with E-state index in [1.54, 1.807) is 6.07 Å². The average molecular weight is 298 g/mol. The number of fused-ring (bicyclic) bond motifs is 5. The van der Waals surface area contributed by atoms with Crippen LogP contribution in [0.25, 0.3) is 0 Å². The van der Waals surface area contributed by atoms with E-state index >= 15 is 0 Å². The Bertz CT molecular complexity index is 671. The second-order valence-electron chi connectivity index (χ2n) is 7.61. The normalized spacial score (nSPS) is 39.8. The summed E-state index contributed by atoms with van der Waals surface area (Å²) in [6.07, 6.45) is 5.32. The first-order valence-corrected chi connectivity index (χ1v) is 8.27. The summed E-state index contributed by atoms with van der Waals surface area (Å²) in [6.45, 7) is 2.13. The minimum absolute atomic E-state index is 0.215. The molecule has 4 heteroatoms. The molecule has 22 heavy (non-hydrogen) atoms. The zero-order valence-corrected chi connectivity index (χ0v) is 13.0. The van der Waals surface area contributed by atoms with Crippen LogP contribution in [-0.4, -0.2) is 11.3 Å². The van der Waals surface area contributed by atoms with Crippen LogP contribution in [0.3, 0.4) is 0 Å². The Labute approximate surface area is 130 Å². The van der Waals surface area contributed by atoms with Crippen LogP contribution in [0.4, 0.5) is 5.69 Å². The number of hydrogen-bond acceptors (Lipinski definition) is 4. The molecule has 2 saturated carbocycles. The summed E-state index contributed by atoms with van der Waals surface area (Å²) in [6, 6.07) is 5.75. The van der Waals surface area contributed by atoms with Crippen LogP contribution >= 0.6 is 0 Å². The smallest absolute Gasteiger partial charge is 0.139 e. The van der Waals surface area contributed by atoms with Gasteiger partial charge in [-0.15, -0.1) is 4.91 Å². The number of nitrogens with zero attached hydrogens (tertiary/aromatic N) is 1. The molecule has 116 valence electrons. The van der Waals surface area contributed by atoms with Gasteiger partial charge in [-0.3, -0.25) is 4.79 Å². The molecule has 0 bridgehead atoms. The van der Waals surface area contributed by atoms with Crippen LogP contribution in [-0.2, 0) is 11.2 Å². The summed E-state index contributed by atoms with van der Waals surface area (Å²) in [5.41, 5.74) is 9.45. The molecule has 1 unspecified atom stereocenters. The molecule has 4 nitrogen and oxygen atoms in total. The molecule has 4 rings (SSSR count). The van der Waals surface area contributed by atoms with E-state index in [4.69, 9.17) is 5.73 Å². The van der Waals surface area contributed by atoms with Crippen LogP contribution in [0.15, 0.2) is 23.4 Å². The number of nitrogens with two attached hydrogens (primary N) is 1. The fourth-order valence-electron chi connectivity index (χ4n) is 5.56. The van der Waals surface area contributed by atoms with Gasteiger partial charge in [0, 0.05) is 23.3 Å². The highest BCUT2D eigenvalue weighted by Crippen LogP contribution is 2.60. The average Bonchev–Trinajstić information content (AvgIpc) is 2.83. The first-order valence-electron chi connectivity index (χ1n) is 8.27. The van der Waals surface area contributed by atoms with E-state index < -0.39 is 0 Å². The van der Waals surface area contributed by atoms with Gasteiger partial charge in [0.25, 0.3) is 0 Å². The van der Waals surface area contributed by atoms with E-state index in [1.807, 2.05) is 12.1 Å². The van der Waals surface area contributed by atoms with Gasteiger partial charge in [-0.05, 0) is 66.5 Å². The first kappa shape index (κ1) is 14.1. The lowest BCUT2D eigenvalue weighted by Crippen LogP contribution is -2.61. The molecule has 3 aliphatic carbocycles. The predicted octanol–water partition coefficient (Wildman–Crippen LogP) is 3.59. The van der Waals surface area contributed by atoms with Crippen LogP contribution in [0.1, 0.15) is 56.1 Å². The van der Waals surface area contributed by atoms with Crippen molar-refractivity contribution in [3.8, 4) is 0 Å². The van der Waals surface area contributed by atoms with Crippen LogP contribution in [0.5, 0.6) is 0 Å². The Morgan fingerprint density at radius 2 is 2.05 bits per heavy atom. The third kappa shape index (κ3) is 1.64. The van der Waals surface area contributed by atoms with Crippen molar-refractivity contribution in [1.29, 1.82) is 0 Å². The fraction of sp³-hybridized carbons (Fsp3) is 0.611. The van der Waals surface area contributed by atoms with Crippen molar-refractivity contribution in [2.45, 2.75) is 56.9 Å². The summed E-state index contributed by atoms with van der Waals surface area (Å²) in [7, 11) is 0. The second kappa shape index (κ2) is 4.48. The number of nitroso groups, excluding NO2 is 1. The van der Waals surface area contributed by atoms with Gasteiger partial charge in [-0.2, -0.15) is 0 Å². The van der Waals surface area contributed by atoms with E-state index in [1.165, 1.54) is 11.1 Å². The molecule has 2 N–H and O–H groups in total. The third-order valence-electron chi connectivity index (χ3n) is 6.75. The highest BCUT2D eigenvalue weighted by atomic mass is 16.3. The molecule has 1 aromatic carbocycles. The Hall–Kier alpha value is -1.55. The van der Waals surface area contributed by atoms with Crippen LogP contribution < -0.4 is 5.73 Å². The van der Waals surface area contributed by atoms with Crippen molar-refractivity contribution < 1.29 is 4.79 Å². The molecule has 0 spiro atoms. The maximum atomic E-state index is 12.4. The number of benzene rings is 1. The van der Waals surface area contributed by atoms with E-state index in [0.29, 0.717) is 29.7 Å². The summed E-state index contributed by atoms with van der Waals surface area (Å²) in [5.74, 6) is 1.01. The minimum atomic E-state index is -0.276. The zero-order chi connectivity index (χ0) is 15.5. The quantitative estimate of drug-likeness (QED) is 0.805. The molecule has 1 aromatic rings. The standard InChI is InChI=1S/C18H22N2O2/c1-17-8-7-14-13-3-2-12(20-22)10-11(13)6-9-18(14,19)15(17)4-5-16(17)21/h2-3,10,14-15H,4-9,19H2,1H3/t14-,15?,17+,18+/m1/s1. The van der Waals surface area contributed by atoms with E-state index in [-0.39, 0.29) is 11.0 Å². The molecular formula is C18H22N2O2. The van der Waals surface area contributed by atoms with Crippen LogP contribution in [0, 0.1) is 16.2 Å². The minimum Gasteiger partial charge on any atom is -0.324 e. The maximum absolute atomic E-state index is 12.4. The molecule has 0 aromatic heterocycles. The fourth-order valence-corrected chi connectivity index (χ4v) is 5.56. The van der Waals surface area contributed by atoms with Crippen molar-refractivity contribution in [3.63, 3.8) is 0 Å². The second-order valence-corrected chi connectivity index (χ2v) is 7.61.